The summed E-state index contributed by atoms with van der Waals surface area (Å²) in [7, 11) is 0. The van der Waals surface area contributed by atoms with Crippen LogP contribution in [0.15, 0.2) is 48.5 Å². The number of hydrogen-bond acceptors (Lipinski definition) is 2. The van der Waals surface area contributed by atoms with Gasteiger partial charge in [0, 0.05) is 23.2 Å². The lowest BCUT2D eigenvalue weighted by atomic mass is 9.95. The largest absolute Gasteiger partial charge is 0.398 e. The van der Waals surface area contributed by atoms with E-state index in [2.05, 4.69) is 0 Å². The maximum atomic E-state index is 11.9. The Morgan fingerprint density at radius 3 is 2.24 bits per heavy atom. The first-order chi connectivity index (χ1) is 8.24. The Hall–Kier alpha value is -2.09. The molecule has 0 spiro atoms. The number of Topliss-reactive ketones (excluding diaryl/α,β-unsaturated/α-hetero) is 1. The molecular formula is C15H15NO. The molecule has 0 fully saturated rings. The van der Waals surface area contributed by atoms with Gasteiger partial charge in [0.15, 0.2) is 5.78 Å². The maximum Gasteiger partial charge on any atom is 0.163 e. The van der Waals surface area contributed by atoms with E-state index < -0.39 is 0 Å². The second-order valence-electron chi connectivity index (χ2n) is 3.91. The molecule has 2 heteroatoms. The van der Waals surface area contributed by atoms with Gasteiger partial charge in [-0.2, -0.15) is 0 Å². The van der Waals surface area contributed by atoms with Crippen LogP contribution in [0.1, 0.15) is 23.7 Å². The molecule has 2 N–H and O–H groups in total. The lowest BCUT2D eigenvalue weighted by Gasteiger charge is -2.10. The van der Waals surface area contributed by atoms with E-state index in [1.54, 1.807) is 0 Å². The highest BCUT2D eigenvalue weighted by molar-refractivity contribution is 6.03. The van der Waals surface area contributed by atoms with E-state index >= 15 is 0 Å². The number of nitrogen functional groups attached to an aromatic ring is 1. The first-order valence-corrected chi connectivity index (χ1v) is 5.71. The SMILES string of the molecule is CCC(=O)c1ccccc1-c1ccccc1N. The number of hydrogen-bond donors (Lipinski definition) is 1. The Labute approximate surface area is 101 Å². The second kappa shape index (κ2) is 4.83. The van der Waals surface area contributed by atoms with Crippen LogP contribution in [0.4, 0.5) is 5.69 Å². The topological polar surface area (TPSA) is 43.1 Å². The highest BCUT2D eigenvalue weighted by Gasteiger charge is 2.11. The molecule has 2 aromatic carbocycles. The summed E-state index contributed by atoms with van der Waals surface area (Å²) in [5, 5.41) is 0. The maximum absolute atomic E-state index is 11.9. The Morgan fingerprint density at radius 2 is 1.59 bits per heavy atom. The van der Waals surface area contributed by atoms with Gasteiger partial charge in [0.25, 0.3) is 0 Å². The van der Waals surface area contributed by atoms with Gasteiger partial charge in [0.2, 0.25) is 0 Å². The Bertz CT molecular complexity index is 546. The number of ketones is 1. The van der Waals surface area contributed by atoms with Crippen molar-refractivity contribution in [3.8, 4) is 11.1 Å². The zero-order valence-electron chi connectivity index (χ0n) is 9.81. The second-order valence-corrected chi connectivity index (χ2v) is 3.91. The lowest BCUT2D eigenvalue weighted by Crippen LogP contribution is -2.00. The summed E-state index contributed by atoms with van der Waals surface area (Å²) in [5.74, 6) is 0.142. The third-order valence-electron chi connectivity index (χ3n) is 2.80. The molecule has 0 heterocycles. The fourth-order valence-corrected chi connectivity index (χ4v) is 1.89. The summed E-state index contributed by atoms with van der Waals surface area (Å²) in [4.78, 5) is 11.9. The number of carbonyl (C=O) groups excluding carboxylic acids is 1. The molecule has 2 nitrogen and oxygen atoms in total. The average Bonchev–Trinajstić information content (AvgIpc) is 2.38. The normalized spacial score (nSPS) is 10.2. The smallest absolute Gasteiger partial charge is 0.163 e. The fraction of sp³-hybridized carbons (Fsp3) is 0.133. The minimum Gasteiger partial charge on any atom is -0.398 e. The van der Waals surface area contributed by atoms with E-state index in [0.29, 0.717) is 12.1 Å². The molecule has 0 aliphatic heterocycles. The summed E-state index contributed by atoms with van der Waals surface area (Å²) in [6.45, 7) is 1.87. The number of carbonyl (C=O) groups is 1. The lowest BCUT2D eigenvalue weighted by molar-refractivity contribution is 0.0989. The summed E-state index contributed by atoms with van der Waals surface area (Å²) >= 11 is 0. The van der Waals surface area contributed by atoms with Crippen LogP contribution in [0.5, 0.6) is 0 Å². The van der Waals surface area contributed by atoms with Crippen LogP contribution in [-0.2, 0) is 0 Å². The molecule has 17 heavy (non-hydrogen) atoms. The number of para-hydroxylation sites is 1. The predicted octanol–water partition coefficient (Wildman–Crippen LogP) is 3.53. The summed E-state index contributed by atoms with van der Waals surface area (Å²) < 4.78 is 0. The van der Waals surface area contributed by atoms with E-state index in [-0.39, 0.29) is 5.78 Å². The predicted molar refractivity (Wildman–Crippen MR) is 70.9 cm³/mol. The summed E-state index contributed by atoms with van der Waals surface area (Å²) in [6, 6.07) is 15.2. The van der Waals surface area contributed by atoms with Crippen molar-refractivity contribution in [2.24, 2.45) is 0 Å². The monoisotopic (exact) mass is 225 g/mol. The minimum absolute atomic E-state index is 0.142. The average molecular weight is 225 g/mol. The zero-order valence-corrected chi connectivity index (χ0v) is 9.81. The van der Waals surface area contributed by atoms with Gasteiger partial charge in [-0.1, -0.05) is 49.4 Å². The molecule has 2 aromatic rings. The van der Waals surface area contributed by atoms with Crippen LogP contribution in [0.3, 0.4) is 0 Å². The molecule has 0 radical (unpaired) electrons. The molecule has 0 bridgehead atoms. The minimum atomic E-state index is 0.142. The highest BCUT2D eigenvalue weighted by atomic mass is 16.1. The van der Waals surface area contributed by atoms with Crippen LogP contribution in [-0.4, -0.2) is 5.78 Å². The molecule has 0 atom stereocenters. The summed E-state index contributed by atoms with van der Waals surface area (Å²) in [6.07, 6.45) is 0.504. The van der Waals surface area contributed by atoms with Crippen molar-refractivity contribution < 1.29 is 4.79 Å². The van der Waals surface area contributed by atoms with Gasteiger partial charge in [-0.25, -0.2) is 0 Å². The number of anilines is 1. The molecule has 86 valence electrons. The van der Waals surface area contributed by atoms with Gasteiger partial charge in [-0.3, -0.25) is 4.79 Å². The number of rotatable bonds is 3. The van der Waals surface area contributed by atoms with Crippen LogP contribution in [0.25, 0.3) is 11.1 Å². The number of nitrogens with two attached hydrogens (primary N) is 1. The molecule has 0 unspecified atom stereocenters. The van der Waals surface area contributed by atoms with Crippen molar-refractivity contribution in [1.29, 1.82) is 0 Å². The molecule has 0 saturated carbocycles. The van der Waals surface area contributed by atoms with Crippen molar-refractivity contribution in [2.45, 2.75) is 13.3 Å². The molecule has 0 amide bonds. The van der Waals surface area contributed by atoms with Gasteiger partial charge in [0.05, 0.1) is 0 Å². The van der Waals surface area contributed by atoms with E-state index in [9.17, 15) is 4.79 Å². The Balaban J connectivity index is 2.60. The molecule has 0 aliphatic rings. The van der Waals surface area contributed by atoms with E-state index in [1.807, 2.05) is 55.5 Å². The first-order valence-electron chi connectivity index (χ1n) is 5.71. The van der Waals surface area contributed by atoms with E-state index in [0.717, 1.165) is 16.7 Å². The molecule has 2 rings (SSSR count). The third kappa shape index (κ3) is 2.21. The first kappa shape index (κ1) is 11.4. The Kier molecular flexibility index (Phi) is 3.24. The van der Waals surface area contributed by atoms with Crippen LogP contribution < -0.4 is 5.73 Å². The molecule has 0 aromatic heterocycles. The van der Waals surface area contributed by atoms with Crippen molar-refractivity contribution in [3.63, 3.8) is 0 Å². The van der Waals surface area contributed by atoms with Gasteiger partial charge < -0.3 is 5.73 Å². The molecule has 0 aliphatic carbocycles. The third-order valence-corrected chi connectivity index (χ3v) is 2.80. The van der Waals surface area contributed by atoms with Gasteiger partial charge >= 0.3 is 0 Å². The van der Waals surface area contributed by atoms with Crippen molar-refractivity contribution in [1.82, 2.24) is 0 Å². The standard InChI is InChI=1S/C15H15NO/c1-2-15(17)13-9-4-3-7-11(13)12-8-5-6-10-14(12)16/h3-10H,2,16H2,1H3. The summed E-state index contributed by atoms with van der Waals surface area (Å²) in [5.41, 5.74) is 9.23. The fourth-order valence-electron chi connectivity index (χ4n) is 1.89. The Morgan fingerprint density at radius 1 is 1.00 bits per heavy atom. The quantitative estimate of drug-likeness (QED) is 0.641. The highest BCUT2D eigenvalue weighted by Crippen LogP contribution is 2.29. The zero-order chi connectivity index (χ0) is 12.3. The van der Waals surface area contributed by atoms with Gasteiger partial charge in [-0.05, 0) is 11.6 Å². The van der Waals surface area contributed by atoms with Gasteiger partial charge in [0.1, 0.15) is 0 Å². The number of benzene rings is 2. The van der Waals surface area contributed by atoms with Crippen molar-refractivity contribution >= 4 is 11.5 Å². The van der Waals surface area contributed by atoms with Gasteiger partial charge in [-0.15, -0.1) is 0 Å². The van der Waals surface area contributed by atoms with Crippen LogP contribution in [0, 0.1) is 0 Å². The van der Waals surface area contributed by atoms with Crippen LogP contribution >= 0.6 is 0 Å². The van der Waals surface area contributed by atoms with Crippen molar-refractivity contribution in [2.75, 3.05) is 5.73 Å². The molecule has 0 saturated heterocycles. The van der Waals surface area contributed by atoms with E-state index in [4.69, 9.17) is 5.73 Å². The van der Waals surface area contributed by atoms with E-state index in [1.165, 1.54) is 0 Å². The van der Waals surface area contributed by atoms with Crippen molar-refractivity contribution in [3.05, 3.63) is 54.1 Å². The molecular weight excluding hydrogens is 210 g/mol. The van der Waals surface area contributed by atoms with Crippen LogP contribution in [0.2, 0.25) is 0 Å².